The van der Waals surface area contributed by atoms with Crippen LogP contribution in [0.3, 0.4) is 0 Å². The average Bonchev–Trinajstić information content (AvgIpc) is 2.63. The first-order valence-electron chi connectivity index (χ1n) is 11.4. The first-order valence-corrected chi connectivity index (χ1v) is 11.4. The molecule has 0 aromatic heterocycles. The van der Waals surface area contributed by atoms with E-state index in [0.29, 0.717) is 6.61 Å². The maximum atomic E-state index is 11.6. The Morgan fingerprint density at radius 1 is 0.667 bits per heavy atom. The van der Waals surface area contributed by atoms with Crippen LogP contribution in [0.4, 0.5) is 0 Å². The molecule has 0 fully saturated rings. The number of carbonyl (C=O) groups is 2. The zero-order valence-corrected chi connectivity index (χ0v) is 18.2. The van der Waals surface area contributed by atoms with Gasteiger partial charge in [-0.3, -0.25) is 9.59 Å². The quantitative estimate of drug-likeness (QED) is 0.140. The highest BCUT2D eigenvalue weighted by molar-refractivity contribution is 5.91. The fourth-order valence-electron chi connectivity index (χ4n) is 3.11. The molecule has 0 N–H and O–H groups in total. The van der Waals surface area contributed by atoms with Gasteiger partial charge in [-0.15, -0.1) is 0 Å². The molecule has 0 heterocycles. The maximum absolute atomic E-state index is 11.6. The van der Waals surface area contributed by atoms with Crippen LogP contribution in [0.2, 0.25) is 0 Å². The normalized spacial score (nSPS) is 12.0. The van der Waals surface area contributed by atoms with Crippen molar-refractivity contribution in [2.75, 3.05) is 6.61 Å². The second kappa shape index (κ2) is 19.7. The molecule has 0 bridgehead atoms. The zero-order chi connectivity index (χ0) is 20.2. The summed E-state index contributed by atoms with van der Waals surface area (Å²) in [7, 11) is 0. The Bertz CT molecular complexity index is 354. The van der Waals surface area contributed by atoms with Gasteiger partial charge in [-0.25, -0.2) is 0 Å². The molecule has 4 heteroatoms. The summed E-state index contributed by atoms with van der Waals surface area (Å²) in [5, 5.41) is 0. The highest BCUT2D eigenvalue weighted by Gasteiger charge is 2.14. The van der Waals surface area contributed by atoms with Gasteiger partial charge in [-0.05, 0) is 19.8 Å². The van der Waals surface area contributed by atoms with Gasteiger partial charge in [-0.1, -0.05) is 97.3 Å². The second-order valence-electron chi connectivity index (χ2n) is 7.73. The Hall–Kier alpha value is -1.06. The van der Waals surface area contributed by atoms with Crippen molar-refractivity contribution in [3.63, 3.8) is 0 Å². The minimum absolute atomic E-state index is 0.124. The molecule has 4 nitrogen and oxygen atoms in total. The van der Waals surface area contributed by atoms with E-state index in [9.17, 15) is 9.59 Å². The van der Waals surface area contributed by atoms with Crippen molar-refractivity contribution in [2.45, 2.75) is 130 Å². The van der Waals surface area contributed by atoms with Gasteiger partial charge in [0.05, 0.1) is 12.7 Å². The van der Waals surface area contributed by atoms with Gasteiger partial charge < -0.3 is 9.47 Å². The zero-order valence-electron chi connectivity index (χ0n) is 18.2. The maximum Gasteiger partial charge on any atom is 0.317 e. The summed E-state index contributed by atoms with van der Waals surface area (Å²) in [6.07, 6.45) is 17.9. The van der Waals surface area contributed by atoms with Crippen LogP contribution in [0.25, 0.3) is 0 Å². The summed E-state index contributed by atoms with van der Waals surface area (Å²) in [5.41, 5.74) is 0. The molecule has 0 amide bonds. The molecule has 0 rings (SSSR count). The smallest absolute Gasteiger partial charge is 0.317 e. The fraction of sp³-hybridized carbons (Fsp3) is 0.913. The van der Waals surface area contributed by atoms with Gasteiger partial charge in [0.1, 0.15) is 6.42 Å². The van der Waals surface area contributed by atoms with E-state index >= 15 is 0 Å². The molecule has 1 unspecified atom stereocenters. The van der Waals surface area contributed by atoms with E-state index in [1.807, 2.05) is 6.92 Å². The van der Waals surface area contributed by atoms with Crippen LogP contribution in [-0.2, 0) is 19.1 Å². The Labute approximate surface area is 167 Å². The van der Waals surface area contributed by atoms with Crippen LogP contribution < -0.4 is 0 Å². The molecule has 0 aliphatic heterocycles. The summed E-state index contributed by atoms with van der Waals surface area (Å²) in [4.78, 5) is 23.3. The number of esters is 2. The number of hydrogen-bond acceptors (Lipinski definition) is 4. The van der Waals surface area contributed by atoms with E-state index in [1.54, 1.807) is 0 Å². The number of unbranched alkanes of at least 4 members (excludes halogenated alkanes) is 12. The van der Waals surface area contributed by atoms with Crippen LogP contribution in [0.15, 0.2) is 0 Å². The van der Waals surface area contributed by atoms with Crippen LogP contribution in [0, 0.1) is 0 Å². The third-order valence-electron chi connectivity index (χ3n) is 4.85. The number of ether oxygens (including phenoxy) is 2. The van der Waals surface area contributed by atoms with Crippen molar-refractivity contribution in [2.24, 2.45) is 0 Å². The van der Waals surface area contributed by atoms with E-state index < -0.39 is 11.9 Å². The summed E-state index contributed by atoms with van der Waals surface area (Å²) in [6.45, 7) is 6.63. The molecule has 0 spiro atoms. The predicted molar refractivity (Wildman–Crippen MR) is 112 cm³/mol. The second-order valence-corrected chi connectivity index (χ2v) is 7.73. The van der Waals surface area contributed by atoms with Gasteiger partial charge in [0.15, 0.2) is 0 Å². The number of rotatable bonds is 19. The fourth-order valence-corrected chi connectivity index (χ4v) is 3.11. The molecule has 0 aliphatic carbocycles. The van der Waals surface area contributed by atoms with Crippen LogP contribution in [-0.4, -0.2) is 24.6 Å². The van der Waals surface area contributed by atoms with E-state index in [-0.39, 0.29) is 12.5 Å². The molecule has 0 aromatic carbocycles. The number of hydrogen-bond donors (Lipinski definition) is 0. The van der Waals surface area contributed by atoms with Crippen molar-refractivity contribution < 1.29 is 19.1 Å². The molecule has 0 aliphatic rings. The van der Waals surface area contributed by atoms with Crippen molar-refractivity contribution in [1.29, 1.82) is 0 Å². The summed E-state index contributed by atoms with van der Waals surface area (Å²) in [6, 6.07) is 0. The Morgan fingerprint density at radius 2 is 1.15 bits per heavy atom. The first-order chi connectivity index (χ1) is 13.1. The van der Waals surface area contributed by atoms with Gasteiger partial charge in [0.2, 0.25) is 0 Å². The van der Waals surface area contributed by atoms with Gasteiger partial charge in [0, 0.05) is 0 Å². The Balaban J connectivity index is 3.37. The highest BCUT2D eigenvalue weighted by Crippen LogP contribution is 2.12. The lowest BCUT2D eigenvalue weighted by atomic mass is 10.1. The molecule has 0 radical (unpaired) electrons. The third kappa shape index (κ3) is 19.5. The monoisotopic (exact) mass is 384 g/mol. The summed E-state index contributed by atoms with van der Waals surface area (Å²) < 4.78 is 10.3. The summed E-state index contributed by atoms with van der Waals surface area (Å²) in [5.74, 6) is -0.941. The van der Waals surface area contributed by atoms with Crippen LogP contribution in [0.5, 0.6) is 0 Å². The third-order valence-corrected chi connectivity index (χ3v) is 4.85. The summed E-state index contributed by atoms with van der Waals surface area (Å²) >= 11 is 0. The minimum atomic E-state index is -0.474. The van der Waals surface area contributed by atoms with Crippen molar-refractivity contribution in [1.82, 2.24) is 0 Å². The SMILES string of the molecule is CCCCCCCCCCCCCCOC(=O)CC(=O)OC(C)CCCC. The molecule has 160 valence electrons. The average molecular weight is 385 g/mol. The lowest BCUT2D eigenvalue weighted by Gasteiger charge is -2.12. The topological polar surface area (TPSA) is 52.6 Å². The lowest BCUT2D eigenvalue weighted by Crippen LogP contribution is -2.19. The number of carbonyl (C=O) groups excluding carboxylic acids is 2. The van der Waals surface area contributed by atoms with Crippen molar-refractivity contribution >= 4 is 11.9 Å². The van der Waals surface area contributed by atoms with Crippen molar-refractivity contribution in [3.8, 4) is 0 Å². The highest BCUT2D eigenvalue weighted by atomic mass is 16.6. The van der Waals surface area contributed by atoms with Gasteiger partial charge in [0.25, 0.3) is 0 Å². The van der Waals surface area contributed by atoms with Gasteiger partial charge >= 0.3 is 11.9 Å². The van der Waals surface area contributed by atoms with Crippen LogP contribution >= 0.6 is 0 Å². The minimum Gasteiger partial charge on any atom is -0.465 e. The molecule has 1 atom stereocenters. The molecule has 0 saturated carbocycles. The van der Waals surface area contributed by atoms with Crippen molar-refractivity contribution in [3.05, 3.63) is 0 Å². The standard InChI is InChI=1S/C23H44O4/c1-4-6-8-9-10-11-12-13-14-15-16-17-19-26-22(24)20-23(25)27-21(3)18-7-5-2/h21H,4-20H2,1-3H3. The Morgan fingerprint density at radius 3 is 1.67 bits per heavy atom. The molecule has 0 aromatic rings. The largest absolute Gasteiger partial charge is 0.465 e. The van der Waals surface area contributed by atoms with E-state index in [1.165, 1.54) is 64.2 Å². The van der Waals surface area contributed by atoms with Crippen LogP contribution in [0.1, 0.15) is 124 Å². The Kier molecular flexibility index (Phi) is 18.9. The molecular formula is C23H44O4. The van der Waals surface area contributed by atoms with E-state index in [2.05, 4.69) is 13.8 Å². The molecular weight excluding hydrogens is 340 g/mol. The molecule has 27 heavy (non-hydrogen) atoms. The van der Waals surface area contributed by atoms with Gasteiger partial charge in [-0.2, -0.15) is 0 Å². The van der Waals surface area contributed by atoms with E-state index in [0.717, 1.165) is 32.1 Å². The predicted octanol–water partition coefficient (Wildman–Crippen LogP) is 6.74. The lowest BCUT2D eigenvalue weighted by molar-refractivity contribution is -0.157. The first kappa shape index (κ1) is 25.9. The molecule has 0 saturated heterocycles. The van der Waals surface area contributed by atoms with E-state index in [4.69, 9.17) is 9.47 Å².